The quantitative estimate of drug-likeness (QED) is 0.603. The Kier molecular flexibility index (Phi) is 6.50. The van der Waals surface area contributed by atoms with Gasteiger partial charge in [0.15, 0.2) is 0 Å². The third-order valence-electron chi connectivity index (χ3n) is 6.16. The van der Waals surface area contributed by atoms with Crippen molar-refractivity contribution in [1.29, 1.82) is 0 Å². The molecule has 1 aliphatic heterocycles. The van der Waals surface area contributed by atoms with Crippen molar-refractivity contribution in [3.8, 4) is 11.4 Å². The molecule has 1 N–H and O–H groups in total. The average Bonchev–Trinajstić information content (AvgIpc) is 3.41. The summed E-state index contributed by atoms with van der Waals surface area (Å²) in [5, 5.41) is 8.51. The van der Waals surface area contributed by atoms with Crippen LogP contribution in [0.5, 0.6) is 5.75 Å². The minimum Gasteiger partial charge on any atom is -0.496 e. The van der Waals surface area contributed by atoms with Crippen LogP contribution in [0.25, 0.3) is 5.69 Å². The Morgan fingerprint density at radius 1 is 1.00 bits per heavy atom. The summed E-state index contributed by atoms with van der Waals surface area (Å²) in [5.74, 6) is 0.973. The van der Waals surface area contributed by atoms with Gasteiger partial charge in [0.1, 0.15) is 5.75 Å². The molecule has 3 aromatic rings. The van der Waals surface area contributed by atoms with Crippen LogP contribution in [0.4, 0.5) is 0 Å². The number of ether oxygens (including phenoxy) is 1. The summed E-state index contributed by atoms with van der Waals surface area (Å²) in [6.07, 6.45) is 2.54. The highest BCUT2D eigenvalue weighted by Gasteiger charge is 2.25. The van der Waals surface area contributed by atoms with Crippen molar-refractivity contribution in [2.75, 3.05) is 26.7 Å². The van der Waals surface area contributed by atoms with Gasteiger partial charge < -0.3 is 10.1 Å². The van der Waals surface area contributed by atoms with Gasteiger partial charge in [0.25, 0.3) is 0 Å². The fraction of sp³-hybridized carbons (Fsp3) is 0.400. The van der Waals surface area contributed by atoms with E-state index in [0.29, 0.717) is 6.04 Å². The Morgan fingerprint density at radius 2 is 1.70 bits per heavy atom. The summed E-state index contributed by atoms with van der Waals surface area (Å²) >= 11 is 0. The largest absolute Gasteiger partial charge is 0.496 e. The summed E-state index contributed by atoms with van der Waals surface area (Å²) in [6.45, 7) is 8.24. The van der Waals surface area contributed by atoms with Crippen molar-refractivity contribution in [2.24, 2.45) is 0 Å². The van der Waals surface area contributed by atoms with Gasteiger partial charge in [0.05, 0.1) is 24.5 Å². The van der Waals surface area contributed by atoms with E-state index in [-0.39, 0.29) is 0 Å². The van der Waals surface area contributed by atoms with Crippen molar-refractivity contribution in [1.82, 2.24) is 20.0 Å². The first-order valence-corrected chi connectivity index (χ1v) is 10.9. The van der Waals surface area contributed by atoms with Gasteiger partial charge in [-0.1, -0.05) is 36.4 Å². The number of hydrogen-bond acceptors (Lipinski definition) is 4. The first kappa shape index (κ1) is 20.6. The summed E-state index contributed by atoms with van der Waals surface area (Å²) in [7, 11) is 1.76. The molecule has 2 heterocycles. The number of hydrogen-bond donors (Lipinski definition) is 1. The molecular weight excluding hydrogens is 372 g/mol. The molecule has 5 nitrogen and oxygen atoms in total. The van der Waals surface area contributed by atoms with Gasteiger partial charge in [-0.15, -0.1) is 0 Å². The Hall–Kier alpha value is -2.63. The molecule has 0 spiro atoms. The molecule has 1 aromatic heterocycles. The average molecular weight is 405 g/mol. The summed E-state index contributed by atoms with van der Waals surface area (Å²) in [5.41, 5.74) is 5.93. The van der Waals surface area contributed by atoms with Crippen molar-refractivity contribution in [3.05, 3.63) is 77.1 Å². The fourth-order valence-corrected chi connectivity index (χ4v) is 4.52. The number of nitrogens with one attached hydrogen (secondary N) is 1. The lowest BCUT2D eigenvalue weighted by atomic mass is 10.0. The van der Waals surface area contributed by atoms with Gasteiger partial charge in [-0.2, -0.15) is 5.10 Å². The molecule has 30 heavy (non-hydrogen) atoms. The van der Waals surface area contributed by atoms with Crippen LogP contribution in [0.2, 0.25) is 0 Å². The molecule has 0 bridgehead atoms. The Labute approximate surface area is 179 Å². The number of para-hydroxylation sites is 2. The highest BCUT2D eigenvalue weighted by molar-refractivity contribution is 5.38. The summed E-state index contributed by atoms with van der Waals surface area (Å²) < 4.78 is 7.72. The number of benzene rings is 2. The summed E-state index contributed by atoms with van der Waals surface area (Å²) in [4.78, 5) is 2.58. The Morgan fingerprint density at radius 3 is 2.43 bits per heavy atom. The number of aryl methyl sites for hydroxylation is 1. The Balaban J connectivity index is 1.51. The molecule has 1 aliphatic rings. The third kappa shape index (κ3) is 4.27. The first-order valence-electron chi connectivity index (χ1n) is 10.9. The number of rotatable bonds is 8. The molecule has 0 radical (unpaired) electrons. The SMILES string of the molecule is COc1ccccc1C(CNCc1c(C)nn(-c2ccccc2)c1C)N1CCCC1. The van der Waals surface area contributed by atoms with Crippen LogP contribution >= 0.6 is 0 Å². The molecule has 4 rings (SSSR count). The molecule has 158 valence electrons. The minimum absolute atomic E-state index is 0.313. The van der Waals surface area contributed by atoms with E-state index >= 15 is 0 Å². The molecule has 0 aliphatic carbocycles. The zero-order valence-corrected chi connectivity index (χ0v) is 18.3. The van der Waals surface area contributed by atoms with Crippen molar-refractivity contribution in [2.45, 2.75) is 39.3 Å². The number of nitrogens with zero attached hydrogens (tertiary/aromatic N) is 3. The lowest BCUT2D eigenvalue weighted by Gasteiger charge is -2.29. The van der Waals surface area contributed by atoms with E-state index in [2.05, 4.69) is 66.5 Å². The van der Waals surface area contributed by atoms with Crippen molar-refractivity contribution < 1.29 is 4.74 Å². The monoisotopic (exact) mass is 404 g/mol. The van der Waals surface area contributed by atoms with E-state index in [0.717, 1.165) is 43.3 Å². The van der Waals surface area contributed by atoms with Crippen LogP contribution < -0.4 is 10.1 Å². The smallest absolute Gasteiger partial charge is 0.123 e. The molecule has 5 heteroatoms. The molecule has 0 amide bonds. The van der Waals surface area contributed by atoms with Crippen LogP contribution in [0.3, 0.4) is 0 Å². The second-order valence-electron chi connectivity index (χ2n) is 8.03. The molecule has 1 unspecified atom stereocenters. The Bertz CT molecular complexity index is 961. The van der Waals surface area contributed by atoms with Gasteiger partial charge in [-0.25, -0.2) is 4.68 Å². The van der Waals surface area contributed by atoms with Crippen LogP contribution in [0, 0.1) is 13.8 Å². The lowest BCUT2D eigenvalue weighted by Crippen LogP contribution is -2.34. The number of aromatic nitrogens is 2. The van der Waals surface area contributed by atoms with E-state index in [1.54, 1.807) is 7.11 Å². The predicted molar refractivity (Wildman–Crippen MR) is 121 cm³/mol. The topological polar surface area (TPSA) is 42.3 Å². The van der Waals surface area contributed by atoms with Crippen LogP contribution in [0.15, 0.2) is 54.6 Å². The second kappa shape index (κ2) is 9.45. The van der Waals surface area contributed by atoms with E-state index in [4.69, 9.17) is 9.84 Å². The minimum atomic E-state index is 0.313. The molecule has 1 saturated heterocycles. The predicted octanol–water partition coefficient (Wildman–Crippen LogP) is 4.42. The van der Waals surface area contributed by atoms with Crippen molar-refractivity contribution in [3.63, 3.8) is 0 Å². The zero-order chi connectivity index (χ0) is 20.9. The molecule has 2 aromatic carbocycles. The molecule has 1 fully saturated rings. The maximum absolute atomic E-state index is 5.67. The van der Waals surface area contributed by atoms with Crippen LogP contribution in [-0.2, 0) is 6.54 Å². The van der Waals surface area contributed by atoms with Gasteiger partial charge in [-0.3, -0.25) is 4.90 Å². The zero-order valence-electron chi connectivity index (χ0n) is 18.3. The van der Waals surface area contributed by atoms with E-state index in [1.165, 1.54) is 29.7 Å². The summed E-state index contributed by atoms with van der Waals surface area (Å²) in [6, 6.07) is 19.1. The van der Waals surface area contributed by atoms with Gasteiger partial charge in [-0.05, 0) is 58.0 Å². The number of methoxy groups -OCH3 is 1. The normalized spacial score (nSPS) is 15.4. The second-order valence-corrected chi connectivity index (χ2v) is 8.03. The highest BCUT2D eigenvalue weighted by atomic mass is 16.5. The third-order valence-corrected chi connectivity index (χ3v) is 6.16. The van der Waals surface area contributed by atoms with Gasteiger partial charge >= 0.3 is 0 Å². The standard InChI is InChI=1S/C25H32N4O/c1-19-23(20(2)29(27-19)21-11-5-4-6-12-21)17-26-18-24(28-15-9-10-16-28)22-13-7-8-14-25(22)30-3/h4-8,11-14,24,26H,9-10,15-18H2,1-3H3. The van der Waals surface area contributed by atoms with E-state index < -0.39 is 0 Å². The first-order chi connectivity index (χ1) is 14.7. The maximum Gasteiger partial charge on any atom is 0.123 e. The van der Waals surface area contributed by atoms with Gasteiger partial charge in [0.2, 0.25) is 0 Å². The maximum atomic E-state index is 5.67. The van der Waals surface area contributed by atoms with Gasteiger partial charge in [0, 0.05) is 29.9 Å². The highest BCUT2D eigenvalue weighted by Crippen LogP contribution is 2.31. The van der Waals surface area contributed by atoms with Crippen LogP contribution in [0.1, 0.15) is 41.4 Å². The lowest BCUT2D eigenvalue weighted by molar-refractivity contribution is 0.232. The molecular formula is C25H32N4O. The fourth-order valence-electron chi connectivity index (χ4n) is 4.52. The molecule has 0 saturated carbocycles. The number of likely N-dealkylation sites (tertiary alicyclic amines) is 1. The van der Waals surface area contributed by atoms with Crippen molar-refractivity contribution >= 4 is 0 Å². The van der Waals surface area contributed by atoms with E-state index in [9.17, 15) is 0 Å². The van der Waals surface area contributed by atoms with Crippen LogP contribution in [-0.4, -0.2) is 41.4 Å². The van der Waals surface area contributed by atoms with E-state index in [1.807, 2.05) is 16.8 Å². The molecule has 1 atom stereocenters.